The summed E-state index contributed by atoms with van der Waals surface area (Å²) in [5.41, 5.74) is 0.818. The zero-order chi connectivity index (χ0) is 14.4. The number of rotatable bonds is 5. The van der Waals surface area contributed by atoms with Crippen LogP contribution in [0.5, 0.6) is 0 Å². The Kier molecular flexibility index (Phi) is 5.59. The first kappa shape index (κ1) is 15.0. The Morgan fingerprint density at radius 3 is 2.70 bits per heavy atom. The van der Waals surface area contributed by atoms with E-state index in [0.29, 0.717) is 0 Å². The third-order valence-corrected chi connectivity index (χ3v) is 3.90. The van der Waals surface area contributed by atoms with E-state index in [1.165, 1.54) is 25.7 Å². The average Bonchev–Trinajstić information content (AvgIpc) is 2.68. The molecule has 0 aromatic carbocycles. The Morgan fingerprint density at radius 2 is 2.05 bits per heavy atom. The second-order valence-corrected chi connectivity index (χ2v) is 5.97. The molecule has 1 amide bonds. The second kappa shape index (κ2) is 7.43. The molecule has 0 aliphatic heterocycles. The largest absolute Gasteiger partial charge is 0.323 e. The van der Waals surface area contributed by atoms with Crippen molar-refractivity contribution in [3.63, 3.8) is 0 Å². The van der Waals surface area contributed by atoms with Gasteiger partial charge in [0.25, 0.3) is 0 Å². The lowest BCUT2D eigenvalue weighted by molar-refractivity contribution is -0.120. The van der Waals surface area contributed by atoms with Gasteiger partial charge in [-0.05, 0) is 26.9 Å². The highest BCUT2D eigenvalue weighted by Gasteiger charge is 2.20. The standard InChI is InChI=1S/C15H26N4O/c1-18(2)9-10-19-12-14(11-16-19)17-15(20)13-7-5-3-4-6-8-13/h11-13H,3-10H2,1-2H3,(H,17,20). The number of carbonyl (C=O) groups excluding carboxylic acids is 1. The van der Waals surface area contributed by atoms with E-state index in [4.69, 9.17) is 0 Å². The Labute approximate surface area is 121 Å². The molecule has 0 bridgehead atoms. The number of likely N-dealkylation sites (N-methyl/N-ethyl adjacent to an activating group) is 1. The minimum Gasteiger partial charge on any atom is -0.323 e. The maximum Gasteiger partial charge on any atom is 0.227 e. The van der Waals surface area contributed by atoms with Crippen LogP contribution in [-0.2, 0) is 11.3 Å². The fourth-order valence-corrected chi connectivity index (χ4v) is 2.64. The fraction of sp³-hybridized carbons (Fsp3) is 0.733. The van der Waals surface area contributed by atoms with Crippen LogP contribution in [0.1, 0.15) is 38.5 Å². The van der Waals surface area contributed by atoms with Crippen LogP contribution in [-0.4, -0.2) is 41.2 Å². The number of aromatic nitrogens is 2. The Hall–Kier alpha value is -1.36. The van der Waals surface area contributed by atoms with Crippen molar-refractivity contribution >= 4 is 11.6 Å². The van der Waals surface area contributed by atoms with Crippen molar-refractivity contribution in [3.8, 4) is 0 Å². The molecule has 1 N–H and O–H groups in total. The summed E-state index contributed by atoms with van der Waals surface area (Å²) >= 11 is 0. The summed E-state index contributed by atoms with van der Waals surface area (Å²) in [6, 6.07) is 0. The highest BCUT2D eigenvalue weighted by atomic mass is 16.1. The number of hydrogen-bond donors (Lipinski definition) is 1. The van der Waals surface area contributed by atoms with Gasteiger partial charge < -0.3 is 10.2 Å². The topological polar surface area (TPSA) is 50.2 Å². The minimum absolute atomic E-state index is 0.166. The lowest BCUT2D eigenvalue weighted by atomic mass is 9.99. The lowest BCUT2D eigenvalue weighted by Gasteiger charge is -2.12. The molecule has 5 heteroatoms. The molecule has 0 radical (unpaired) electrons. The number of amides is 1. The van der Waals surface area contributed by atoms with Gasteiger partial charge in [0, 0.05) is 18.7 Å². The third kappa shape index (κ3) is 4.63. The predicted molar refractivity (Wildman–Crippen MR) is 80.6 cm³/mol. The van der Waals surface area contributed by atoms with Gasteiger partial charge in [0.2, 0.25) is 5.91 Å². The molecule has 1 aliphatic rings. The summed E-state index contributed by atoms with van der Waals surface area (Å²) in [5, 5.41) is 7.29. The van der Waals surface area contributed by atoms with Crippen LogP contribution in [0.4, 0.5) is 5.69 Å². The van der Waals surface area contributed by atoms with E-state index in [9.17, 15) is 4.79 Å². The number of carbonyl (C=O) groups is 1. The van der Waals surface area contributed by atoms with Crippen LogP contribution < -0.4 is 5.32 Å². The Morgan fingerprint density at radius 1 is 1.35 bits per heavy atom. The van der Waals surface area contributed by atoms with Crippen LogP contribution in [0.3, 0.4) is 0 Å². The fourth-order valence-electron chi connectivity index (χ4n) is 2.64. The van der Waals surface area contributed by atoms with Crippen molar-refractivity contribution in [2.45, 2.75) is 45.1 Å². The monoisotopic (exact) mass is 278 g/mol. The van der Waals surface area contributed by atoms with Crippen molar-refractivity contribution < 1.29 is 4.79 Å². The van der Waals surface area contributed by atoms with Crippen LogP contribution in [0.2, 0.25) is 0 Å². The zero-order valence-corrected chi connectivity index (χ0v) is 12.6. The first-order valence-corrected chi connectivity index (χ1v) is 7.63. The normalized spacial score (nSPS) is 17.1. The molecule has 20 heavy (non-hydrogen) atoms. The van der Waals surface area contributed by atoms with E-state index < -0.39 is 0 Å². The molecular weight excluding hydrogens is 252 g/mol. The lowest BCUT2D eigenvalue weighted by Crippen LogP contribution is -2.22. The molecule has 1 saturated carbocycles. The highest BCUT2D eigenvalue weighted by molar-refractivity contribution is 5.92. The summed E-state index contributed by atoms with van der Waals surface area (Å²) in [4.78, 5) is 14.4. The van der Waals surface area contributed by atoms with Crippen molar-refractivity contribution in [2.24, 2.45) is 5.92 Å². The average molecular weight is 278 g/mol. The zero-order valence-electron chi connectivity index (χ0n) is 12.6. The quantitative estimate of drug-likeness (QED) is 0.841. The molecule has 1 aromatic heterocycles. The van der Waals surface area contributed by atoms with Gasteiger partial charge >= 0.3 is 0 Å². The smallest absolute Gasteiger partial charge is 0.227 e. The Balaban J connectivity index is 1.84. The molecule has 0 spiro atoms. The van der Waals surface area contributed by atoms with Gasteiger partial charge in [-0.1, -0.05) is 25.7 Å². The van der Waals surface area contributed by atoms with Gasteiger partial charge in [-0.15, -0.1) is 0 Å². The molecule has 1 aromatic rings. The van der Waals surface area contributed by atoms with E-state index in [-0.39, 0.29) is 11.8 Å². The first-order chi connectivity index (χ1) is 9.65. The van der Waals surface area contributed by atoms with E-state index in [1.807, 2.05) is 25.0 Å². The minimum atomic E-state index is 0.166. The van der Waals surface area contributed by atoms with Crippen molar-refractivity contribution in [1.82, 2.24) is 14.7 Å². The molecule has 2 rings (SSSR count). The SMILES string of the molecule is CN(C)CCn1cc(NC(=O)C2CCCCCC2)cn1. The Bertz CT molecular complexity index is 419. The molecule has 0 atom stereocenters. The molecule has 1 aliphatic carbocycles. The molecule has 0 saturated heterocycles. The second-order valence-electron chi connectivity index (χ2n) is 5.97. The van der Waals surface area contributed by atoms with Crippen molar-refractivity contribution in [2.75, 3.05) is 26.0 Å². The summed E-state index contributed by atoms with van der Waals surface area (Å²) in [7, 11) is 4.08. The molecule has 0 unspecified atom stereocenters. The number of nitrogens with one attached hydrogen (secondary N) is 1. The molecular formula is C15H26N4O. The van der Waals surface area contributed by atoms with Crippen LogP contribution in [0, 0.1) is 5.92 Å². The van der Waals surface area contributed by atoms with Crippen LogP contribution in [0.15, 0.2) is 12.4 Å². The molecule has 1 heterocycles. The van der Waals surface area contributed by atoms with Gasteiger partial charge in [0.05, 0.1) is 18.4 Å². The third-order valence-electron chi connectivity index (χ3n) is 3.90. The molecule has 1 fully saturated rings. The van der Waals surface area contributed by atoms with Crippen LogP contribution in [0.25, 0.3) is 0 Å². The number of nitrogens with zero attached hydrogens (tertiary/aromatic N) is 3. The van der Waals surface area contributed by atoms with Gasteiger partial charge in [-0.2, -0.15) is 5.10 Å². The number of hydrogen-bond acceptors (Lipinski definition) is 3. The molecule has 112 valence electrons. The summed E-state index contributed by atoms with van der Waals surface area (Å²) < 4.78 is 1.88. The van der Waals surface area contributed by atoms with Crippen molar-refractivity contribution in [3.05, 3.63) is 12.4 Å². The van der Waals surface area contributed by atoms with Gasteiger partial charge in [-0.25, -0.2) is 0 Å². The van der Waals surface area contributed by atoms with E-state index in [2.05, 4.69) is 15.3 Å². The maximum atomic E-state index is 12.2. The van der Waals surface area contributed by atoms with Crippen LogP contribution >= 0.6 is 0 Å². The van der Waals surface area contributed by atoms with Crippen molar-refractivity contribution in [1.29, 1.82) is 0 Å². The number of anilines is 1. The van der Waals surface area contributed by atoms with E-state index >= 15 is 0 Å². The highest BCUT2D eigenvalue weighted by Crippen LogP contribution is 2.24. The predicted octanol–water partition coefficient (Wildman–Crippen LogP) is 2.35. The summed E-state index contributed by atoms with van der Waals surface area (Å²) in [6.45, 7) is 1.78. The van der Waals surface area contributed by atoms with Gasteiger partial charge in [-0.3, -0.25) is 9.48 Å². The summed E-state index contributed by atoms with van der Waals surface area (Å²) in [6.07, 6.45) is 10.6. The summed E-state index contributed by atoms with van der Waals surface area (Å²) in [5.74, 6) is 0.349. The first-order valence-electron chi connectivity index (χ1n) is 7.63. The van der Waals surface area contributed by atoms with Gasteiger partial charge in [0.15, 0.2) is 0 Å². The van der Waals surface area contributed by atoms with Gasteiger partial charge in [0.1, 0.15) is 0 Å². The van der Waals surface area contributed by atoms with E-state index in [1.54, 1.807) is 6.20 Å². The maximum absolute atomic E-state index is 12.2. The van der Waals surface area contributed by atoms with E-state index in [0.717, 1.165) is 31.6 Å². The molecule has 5 nitrogen and oxygen atoms in total.